The van der Waals surface area contributed by atoms with Crippen LogP contribution in [0.4, 0.5) is 0 Å². The summed E-state index contributed by atoms with van der Waals surface area (Å²) in [6, 6.07) is 0.506. The van der Waals surface area contributed by atoms with E-state index in [2.05, 4.69) is 36.5 Å². The Bertz CT molecular complexity index is 378. The summed E-state index contributed by atoms with van der Waals surface area (Å²) in [6.07, 6.45) is 5.64. The standard InChI is InChI=1S/C15H26N2OS/c1-11(2)16-8-15-17-13(10-19-15)9-18-14-7-5-4-6-12(14)3/h10-12,14,16H,4-9H2,1-3H3. The lowest BCUT2D eigenvalue weighted by atomic mass is 9.88. The Hall–Kier alpha value is -0.450. The highest BCUT2D eigenvalue weighted by atomic mass is 32.1. The summed E-state index contributed by atoms with van der Waals surface area (Å²) in [5.74, 6) is 0.703. The summed E-state index contributed by atoms with van der Waals surface area (Å²) in [5, 5.41) is 6.68. The number of nitrogens with one attached hydrogen (secondary N) is 1. The average Bonchev–Trinajstić information content (AvgIpc) is 2.83. The van der Waals surface area contributed by atoms with Crippen molar-refractivity contribution >= 4 is 11.3 Å². The molecular weight excluding hydrogens is 256 g/mol. The third kappa shape index (κ3) is 4.86. The molecule has 0 spiro atoms. The molecule has 2 unspecified atom stereocenters. The smallest absolute Gasteiger partial charge is 0.107 e. The van der Waals surface area contributed by atoms with E-state index >= 15 is 0 Å². The second kappa shape index (κ2) is 7.36. The molecule has 1 fully saturated rings. The predicted molar refractivity (Wildman–Crippen MR) is 80.3 cm³/mol. The number of nitrogens with zero attached hydrogens (tertiary/aromatic N) is 1. The quantitative estimate of drug-likeness (QED) is 0.863. The summed E-state index contributed by atoms with van der Waals surface area (Å²) in [4.78, 5) is 4.62. The first-order chi connectivity index (χ1) is 9.15. The van der Waals surface area contributed by atoms with Crippen LogP contribution in [0.5, 0.6) is 0 Å². The molecule has 0 aromatic carbocycles. The number of hydrogen-bond donors (Lipinski definition) is 1. The molecule has 0 saturated heterocycles. The van der Waals surface area contributed by atoms with E-state index in [9.17, 15) is 0 Å². The highest BCUT2D eigenvalue weighted by Gasteiger charge is 2.21. The Morgan fingerprint density at radius 1 is 1.42 bits per heavy atom. The molecule has 2 rings (SSSR count). The van der Waals surface area contributed by atoms with Crippen LogP contribution in [0.25, 0.3) is 0 Å². The molecule has 1 aliphatic rings. The van der Waals surface area contributed by atoms with E-state index in [0.717, 1.165) is 17.2 Å². The lowest BCUT2D eigenvalue weighted by Gasteiger charge is -2.28. The van der Waals surface area contributed by atoms with Crippen LogP contribution in [-0.4, -0.2) is 17.1 Å². The first-order valence-corrected chi connectivity index (χ1v) is 8.31. The summed E-state index contributed by atoms with van der Waals surface area (Å²) in [5.41, 5.74) is 1.09. The number of ether oxygens (including phenoxy) is 1. The Kier molecular flexibility index (Phi) is 5.79. The minimum Gasteiger partial charge on any atom is -0.372 e. The second-order valence-corrected chi connectivity index (χ2v) is 6.82. The molecule has 1 saturated carbocycles. The van der Waals surface area contributed by atoms with Crippen molar-refractivity contribution in [1.29, 1.82) is 0 Å². The molecule has 0 bridgehead atoms. The summed E-state index contributed by atoms with van der Waals surface area (Å²) >= 11 is 1.73. The van der Waals surface area contributed by atoms with Crippen LogP contribution < -0.4 is 5.32 Å². The fraction of sp³-hybridized carbons (Fsp3) is 0.800. The number of hydrogen-bond acceptors (Lipinski definition) is 4. The van der Waals surface area contributed by atoms with Gasteiger partial charge in [0.1, 0.15) is 5.01 Å². The molecule has 1 N–H and O–H groups in total. The lowest BCUT2D eigenvalue weighted by molar-refractivity contribution is -0.0166. The van der Waals surface area contributed by atoms with Crippen LogP contribution in [0.2, 0.25) is 0 Å². The van der Waals surface area contributed by atoms with E-state index in [1.54, 1.807) is 11.3 Å². The molecule has 1 aromatic rings. The topological polar surface area (TPSA) is 34.2 Å². The molecule has 19 heavy (non-hydrogen) atoms. The van der Waals surface area contributed by atoms with Crippen LogP contribution >= 0.6 is 11.3 Å². The van der Waals surface area contributed by atoms with Gasteiger partial charge in [0, 0.05) is 18.0 Å². The summed E-state index contributed by atoms with van der Waals surface area (Å²) < 4.78 is 6.04. The molecule has 3 nitrogen and oxygen atoms in total. The van der Waals surface area contributed by atoms with E-state index in [1.165, 1.54) is 25.7 Å². The monoisotopic (exact) mass is 282 g/mol. The largest absolute Gasteiger partial charge is 0.372 e. The average molecular weight is 282 g/mol. The maximum atomic E-state index is 6.04. The van der Waals surface area contributed by atoms with Gasteiger partial charge in [-0.2, -0.15) is 0 Å². The van der Waals surface area contributed by atoms with Crippen molar-refractivity contribution in [2.24, 2.45) is 5.92 Å². The van der Waals surface area contributed by atoms with Crippen molar-refractivity contribution in [2.45, 2.75) is 71.8 Å². The van der Waals surface area contributed by atoms with Crippen molar-refractivity contribution in [1.82, 2.24) is 10.3 Å². The molecule has 1 heterocycles. The Labute approximate surface area is 120 Å². The minimum atomic E-state index is 0.438. The number of thiazole rings is 1. The zero-order valence-electron chi connectivity index (χ0n) is 12.3. The minimum absolute atomic E-state index is 0.438. The van der Waals surface area contributed by atoms with Crippen LogP contribution in [0.15, 0.2) is 5.38 Å². The van der Waals surface area contributed by atoms with Gasteiger partial charge in [-0.15, -0.1) is 11.3 Å². The zero-order valence-corrected chi connectivity index (χ0v) is 13.1. The molecular formula is C15H26N2OS. The highest BCUT2D eigenvalue weighted by molar-refractivity contribution is 7.09. The maximum absolute atomic E-state index is 6.04. The fourth-order valence-corrected chi connectivity index (χ4v) is 3.24. The summed E-state index contributed by atoms with van der Waals surface area (Å²) in [7, 11) is 0. The van der Waals surface area contributed by atoms with Gasteiger partial charge in [-0.05, 0) is 18.8 Å². The zero-order chi connectivity index (χ0) is 13.7. The molecule has 0 aliphatic heterocycles. The van der Waals surface area contributed by atoms with E-state index in [-0.39, 0.29) is 0 Å². The van der Waals surface area contributed by atoms with Crippen LogP contribution in [0.1, 0.15) is 57.2 Å². The normalized spacial score (nSPS) is 24.0. The van der Waals surface area contributed by atoms with Gasteiger partial charge < -0.3 is 10.1 Å². The van der Waals surface area contributed by atoms with Crippen molar-refractivity contribution in [2.75, 3.05) is 0 Å². The van der Waals surface area contributed by atoms with E-state index in [0.29, 0.717) is 24.7 Å². The van der Waals surface area contributed by atoms with Crippen LogP contribution in [-0.2, 0) is 17.9 Å². The molecule has 0 radical (unpaired) electrons. The van der Waals surface area contributed by atoms with Crippen molar-refractivity contribution < 1.29 is 4.74 Å². The van der Waals surface area contributed by atoms with Gasteiger partial charge >= 0.3 is 0 Å². The lowest BCUT2D eigenvalue weighted by Crippen LogP contribution is -2.25. The predicted octanol–water partition coefficient (Wildman–Crippen LogP) is 3.74. The SMILES string of the molecule is CC(C)NCc1nc(COC2CCCCC2C)cs1. The Balaban J connectivity index is 1.76. The van der Waals surface area contributed by atoms with Gasteiger partial charge in [0.05, 0.1) is 18.4 Å². The number of aromatic nitrogens is 1. The third-order valence-corrected chi connectivity index (χ3v) is 4.64. The van der Waals surface area contributed by atoms with Crippen molar-refractivity contribution in [3.63, 3.8) is 0 Å². The van der Waals surface area contributed by atoms with E-state index in [1.807, 2.05) is 0 Å². The Morgan fingerprint density at radius 3 is 2.95 bits per heavy atom. The van der Waals surface area contributed by atoms with E-state index < -0.39 is 0 Å². The Morgan fingerprint density at radius 2 is 2.21 bits per heavy atom. The first-order valence-electron chi connectivity index (χ1n) is 7.43. The second-order valence-electron chi connectivity index (χ2n) is 5.88. The van der Waals surface area contributed by atoms with Gasteiger partial charge in [0.25, 0.3) is 0 Å². The van der Waals surface area contributed by atoms with Gasteiger partial charge in [0.2, 0.25) is 0 Å². The molecule has 1 aliphatic carbocycles. The molecule has 4 heteroatoms. The van der Waals surface area contributed by atoms with E-state index in [4.69, 9.17) is 4.74 Å². The third-order valence-electron chi connectivity index (χ3n) is 3.74. The summed E-state index contributed by atoms with van der Waals surface area (Å²) in [6.45, 7) is 8.16. The highest BCUT2D eigenvalue weighted by Crippen LogP contribution is 2.27. The maximum Gasteiger partial charge on any atom is 0.107 e. The fourth-order valence-electron chi connectivity index (χ4n) is 2.51. The van der Waals surface area contributed by atoms with Crippen LogP contribution in [0, 0.1) is 5.92 Å². The molecule has 0 amide bonds. The van der Waals surface area contributed by atoms with Crippen LogP contribution in [0.3, 0.4) is 0 Å². The van der Waals surface area contributed by atoms with Gasteiger partial charge in [0.15, 0.2) is 0 Å². The van der Waals surface area contributed by atoms with Crippen molar-refractivity contribution in [3.05, 3.63) is 16.1 Å². The van der Waals surface area contributed by atoms with Gasteiger partial charge in [-0.3, -0.25) is 0 Å². The number of rotatable bonds is 6. The molecule has 1 aromatic heterocycles. The molecule has 2 atom stereocenters. The molecule has 108 valence electrons. The van der Waals surface area contributed by atoms with Crippen molar-refractivity contribution in [3.8, 4) is 0 Å². The van der Waals surface area contributed by atoms with Gasteiger partial charge in [-0.1, -0.05) is 33.6 Å². The van der Waals surface area contributed by atoms with Gasteiger partial charge in [-0.25, -0.2) is 4.98 Å². The first kappa shape index (κ1) is 14.9.